The summed E-state index contributed by atoms with van der Waals surface area (Å²) in [5, 5.41) is 12.9. The van der Waals surface area contributed by atoms with Crippen LogP contribution in [0.1, 0.15) is 23.5 Å². The van der Waals surface area contributed by atoms with Gasteiger partial charge < -0.3 is 24.6 Å². The third-order valence-corrected chi connectivity index (χ3v) is 5.53. The van der Waals surface area contributed by atoms with Gasteiger partial charge in [0.1, 0.15) is 0 Å². The highest BCUT2D eigenvalue weighted by molar-refractivity contribution is 5.95. The molecule has 1 aromatic carbocycles. The van der Waals surface area contributed by atoms with E-state index in [0.29, 0.717) is 43.2 Å². The minimum atomic E-state index is -0.686. The number of carbonyl (C=O) groups excluding carboxylic acids is 1. The maximum atomic E-state index is 13.1. The fourth-order valence-electron chi connectivity index (χ4n) is 3.84. The first-order valence-corrected chi connectivity index (χ1v) is 9.57. The molecule has 8 heteroatoms. The number of nitrogens with one attached hydrogen (secondary N) is 1. The number of aromatic nitrogens is 2. The van der Waals surface area contributed by atoms with Crippen LogP contribution in [0.25, 0.3) is 16.8 Å². The van der Waals surface area contributed by atoms with Crippen molar-refractivity contribution < 1.29 is 24.1 Å². The van der Waals surface area contributed by atoms with Crippen molar-refractivity contribution in [3.63, 3.8) is 0 Å². The van der Waals surface area contributed by atoms with E-state index in [-0.39, 0.29) is 25.1 Å². The van der Waals surface area contributed by atoms with Gasteiger partial charge in [-0.3, -0.25) is 9.20 Å². The van der Waals surface area contributed by atoms with Crippen LogP contribution in [0.4, 0.5) is 0 Å². The normalized spacial score (nSPS) is 17.4. The van der Waals surface area contributed by atoms with Crippen molar-refractivity contribution in [1.29, 1.82) is 0 Å². The lowest BCUT2D eigenvalue weighted by Crippen LogP contribution is -2.54. The molecular formula is C21H21N3O5. The second-order valence-electron chi connectivity index (χ2n) is 7.31. The van der Waals surface area contributed by atoms with Crippen molar-refractivity contribution in [2.45, 2.75) is 18.4 Å². The third kappa shape index (κ3) is 3.10. The lowest BCUT2D eigenvalue weighted by Gasteiger charge is -2.36. The number of ether oxygens (including phenoxy) is 3. The SMILES string of the molecule is O=C(NC1(CO)CCOCC1)c1nc(-c2ccc3c(c2)OCO3)c2ccccn12. The Bertz CT molecular complexity index is 1070. The molecule has 0 atom stereocenters. The van der Waals surface area contributed by atoms with Crippen LogP contribution >= 0.6 is 0 Å². The largest absolute Gasteiger partial charge is 0.454 e. The van der Waals surface area contributed by atoms with E-state index in [4.69, 9.17) is 14.2 Å². The summed E-state index contributed by atoms with van der Waals surface area (Å²) in [4.78, 5) is 17.8. The first kappa shape index (κ1) is 18.0. The Morgan fingerprint density at radius 2 is 2.00 bits per heavy atom. The number of pyridine rings is 1. The number of nitrogens with zero attached hydrogens (tertiary/aromatic N) is 2. The molecular weight excluding hydrogens is 374 g/mol. The Hall–Kier alpha value is -3.10. The zero-order valence-electron chi connectivity index (χ0n) is 15.8. The highest BCUT2D eigenvalue weighted by Crippen LogP contribution is 2.37. The number of rotatable bonds is 4. The van der Waals surface area contributed by atoms with Crippen LogP contribution in [0.2, 0.25) is 0 Å². The van der Waals surface area contributed by atoms with Crippen molar-refractivity contribution >= 4 is 11.4 Å². The monoisotopic (exact) mass is 395 g/mol. The second-order valence-corrected chi connectivity index (χ2v) is 7.31. The molecule has 2 N–H and O–H groups in total. The van der Waals surface area contributed by atoms with Crippen LogP contribution < -0.4 is 14.8 Å². The maximum absolute atomic E-state index is 13.1. The summed E-state index contributed by atoms with van der Waals surface area (Å²) in [6.45, 7) is 1.07. The van der Waals surface area contributed by atoms with Crippen molar-refractivity contribution in [3.05, 3.63) is 48.4 Å². The van der Waals surface area contributed by atoms with Gasteiger partial charge in [-0.15, -0.1) is 0 Å². The fourth-order valence-corrected chi connectivity index (χ4v) is 3.84. The predicted molar refractivity (Wildman–Crippen MR) is 104 cm³/mol. The van der Waals surface area contributed by atoms with E-state index in [0.717, 1.165) is 11.1 Å². The number of aliphatic hydroxyl groups is 1. The quantitative estimate of drug-likeness (QED) is 0.702. The summed E-state index contributed by atoms with van der Waals surface area (Å²) in [6, 6.07) is 11.3. The average Bonchev–Trinajstić information content (AvgIpc) is 3.38. The molecule has 0 bridgehead atoms. The van der Waals surface area contributed by atoms with Crippen LogP contribution in [-0.2, 0) is 4.74 Å². The van der Waals surface area contributed by atoms with Gasteiger partial charge in [0, 0.05) is 25.0 Å². The summed E-state index contributed by atoms with van der Waals surface area (Å²) in [5.41, 5.74) is 1.63. The number of aliphatic hydroxyl groups excluding tert-OH is 1. The van der Waals surface area contributed by atoms with Gasteiger partial charge in [-0.1, -0.05) is 6.07 Å². The lowest BCUT2D eigenvalue weighted by atomic mass is 9.91. The van der Waals surface area contributed by atoms with Crippen molar-refractivity contribution in [1.82, 2.24) is 14.7 Å². The Morgan fingerprint density at radius 3 is 2.83 bits per heavy atom. The number of imidazole rings is 1. The highest BCUT2D eigenvalue weighted by Gasteiger charge is 2.35. The molecule has 4 heterocycles. The van der Waals surface area contributed by atoms with Crippen LogP contribution in [0.3, 0.4) is 0 Å². The van der Waals surface area contributed by atoms with E-state index < -0.39 is 5.54 Å². The van der Waals surface area contributed by atoms with Crippen LogP contribution in [0, 0.1) is 0 Å². The summed E-state index contributed by atoms with van der Waals surface area (Å²) < 4.78 is 18.0. The predicted octanol–water partition coefficient (Wildman–Crippen LogP) is 2.00. The van der Waals surface area contributed by atoms with Gasteiger partial charge in [-0.25, -0.2) is 4.98 Å². The molecule has 0 aliphatic carbocycles. The molecule has 1 saturated heterocycles. The lowest BCUT2D eigenvalue weighted by molar-refractivity contribution is 0.0123. The molecule has 0 radical (unpaired) electrons. The second kappa shape index (κ2) is 7.06. The highest BCUT2D eigenvalue weighted by atomic mass is 16.7. The first-order valence-electron chi connectivity index (χ1n) is 9.57. The van der Waals surface area contributed by atoms with Gasteiger partial charge in [-0.2, -0.15) is 0 Å². The van der Waals surface area contributed by atoms with Crippen molar-refractivity contribution in [2.24, 2.45) is 0 Å². The maximum Gasteiger partial charge on any atom is 0.288 e. The summed E-state index contributed by atoms with van der Waals surface area (Å²) in [7, 11) is 0. The minimum absolute atomic E-state index is 0.138. The summed E-state index contributed by atoms with van der Waals surface area (Å²) in [6.07, 6.45) is 2.93. The molecule has 150 valence electrons. The Labute approximate surface area is 167 Å². The van der Waals surface area contributed by atoms with Crippen molar-refractivity contribution in [3.8, 4) is 22.8 Å². The summed E-state index contributed by atoms with van der Waals surface area (Å²) >= 11 is 0. The molecule has 3 aromatic rings. The number of carbonyl (C=O) groups is 1. The molecule has 2 aromatic heterocycles. The molecule has 1 fully saturated rings. The molecule has 1 amide bonds. The van der Waals surface area contributed by atoms with E-state index in [1.807, 2.05) is 42.6 Å². The average molecular weight is 395 g/mol. The molecule has 8 nitrogen and oxygen atoms in total. The zero-order chi connectivity index (χ0) is 19.8. The van der Waals surface area contributed by atoms with Gasteiger partial charge in [0.2, 0.25) is 12.6 Å². The topological polar surface area (TPSA) is 94.3 Å². The van der Waals surface area contributed by atoms with Gasteiger partial charge in [0.25, 0.3) is 5.91 Å². The van der Waals surface area contributed by atoms with Crippen LogP contribution in [-0.4, -0.2) is 52.6 Å². The number of benzene rings is 1. The van der Waals surface area contributed by atoms with Gasteiger partial charge in [0.05, 0.1) is 23.4 Å². The molecule has 5 rings (SSSR count). The summed E-state index contributed by atoms with van der Waals surface area (Å²) in [5.74, 6) is 1.30. The number of hydrogen-bond acceptors (Lipinski definition) is 6. The molecule has 29 heavy (non-hydrogen) atoms. The Balaban J connectivity index is 1.54. The molecule has 2 aliphatic heterocycles. The number of hydrogen-bond donors (Lipinski definition) is 2. The van der Waals surface area contributed by atoms with Gasteiger partial charge >= 0.3 is 0 Å². The fraction of sp³-hybridized carbons (Fsp3) is 0.333. The zero-order valence-corrected chi connectivity index (χ0v) is 15.8. The molecule has 0 unspecified atom stereocenters. The third-order valence-electron chi connectivity index (χ3n) is 5.53. The van der Waals surface area contributed by atoms with Gasteiger partial charge in [-0.05, 0) is 43.2 Å². The first-order chi connectivity index (χ1) is 14.2. The Kier molecular flexibility index (Phi) is 4.37. The number of amides is 1. The van der Waals surface area contributed by atoms with E-state index in [2.05, 4.69) is 10.3 Å². The molecule has 0 spiro atoms. The van der Waals surface area contributed by atoms with Gasteiger partial charge in [0.15, 0.2) is 11.5 Å². The smallest absolute Gasteiger partial charge is 0.288 e. The van der Waals surface area contributed by atoms with Crippen molar-refractivity contribution in [2.75, 3.05) is 26.6 Å². The number of fused-ring (bicyclic) bond motifs is 2. The molecule has 2 aliphatic rings. The standard InChI is InChI=1S/C21H21N3O5/c25-12-21(6-9-27-10-7-21)23-20(26)19-22-18(15-3-1-2-8-24(15)19)14-4-5-16-17(11-14)29-13-28-16/h1-5,8,11,25H,6-7,9-10,12-13H2,(H,23,26). The van der Waals surface area contributed by atoms with Crippen LogP contribution in [0.15, 0.2) is 42.6 Å². The van der Waals surface area contributed by atoms with E-state index in [1.54, 1.807) is 4.40 Å². The van der Waals surface area contributed by atoms with E-state index >= 15 is 0 Å². The Morgan fingerprint density at radius 1 is 1.17 bits per heavy atom. The van der Waals surface area contributed by atoms with Crippen LogP contribution in [0.5, 0.6) is 11.5 Å². The van der Waals surface area contributed by atoms with E-state index in [1.165, 1.54) is 0 Å². The molecule has 0 saturated carbocycles. The minimum Gasteiger partial charge on any atom is -0.454 e. The van der Waals surface area contributed by atoms with E-state index in [9.17, 15) is 9.90 Å².